The molecule has 1 saturated heterocycles. The zero-order valence-corrected chi connectivity index (χ0v) is 22.1. The average Bonchev–Trinajstić information content (AvgIpc) is 3.31. The summed E-state index contributed by atoms with van der Waals surface area (Å²) >= 11 is 0. The molecule has 0 bridgehead atoms. The standard InChI is InChI=1S/C30H34N6O2/c1-22(2)36-30(38)35(21-31-36)27-14-12-26(13-15-27)33-16-18-34(19-17-33)28(24-9-5-4-6-10-24)29(37)32-25-11-7-8-23(3)20-25/h4-15,20-22,28H,16-19H2,1-3H3,(H,32,37). The lowest BCUT2D eigenvalue weighted by Crippen LogP contribution is -2.50. The van der Waals surface area contributed by atoms with Crippen LogP contribution in [0.15, 0.2) is 90.0 Å². The maximum Gasteiger partial charge on any atom is 0.350 e. The number of aryl methyl sites for hydroxylation is 1. The second-order valence-electron chi connectivity index (χ2n) is 10.0. The van der Waals surface area contributed by atoms with Gasteiger partial charge in [-0.3, -0.25) is 9.69 Å². The van der Waals surface area contributed by atoms with Gasteiger partial charge in [-0.2, -0.15) is 5.10 Å². The first-order valence-corrected chi connectivity index (χ1v) is 13.1. The van der Waals surface area contributed by atoms with Crippen molar-refractivity contribution >= 4 is 17.3 Å². The maximum absolute atomic E-state index is 13.5. The molecule has 3 aromatic carbocycles. The number of piperazine rings is 1. The Balaban J connectivity index is 1.29. The molecule has 196 valence electrons. The van der Waals surface area contributed by atoms with Gasteiger partial charge in [0.15, 0.2) is 0 Å². The third-order valence-electron chi connectivity index (χ3n) is 7.00. The second-order valence-corrected chi connectivity index (χ2v) is 10.0. The molecule has 4 aromatic rings. The summed E-state index contributed by atoms with van der Waals surface area (Å²) in [5.41, 5.74) is 4.66. The van der Waals surface area contributed by atoms with E-state index in [0.29, 0.717) is 0 Å². The smallest absolute Gasteiger partial charge is 0.350 e. The van der Waals surface area contributed by atoms with Crippen LogP contribution in [0.2, 0.25) is 0 Å². The first-order valence-electron chi connectivity index (χ1n) is 13.1. The number of anilines is 2. The van der Waals surface area contributed by atoms with E-state index in [9.17, 15) is 9.59 Å². The predicted molar refractivity (Wildman–Crippen MR) is 151 cm³/mol. The molecule has 1 amide bonds. The van der Waals surface area contributed by atoms with Crippen LogP contribution in [0.1, 0.15) is 37.1 Å². The summed E-state index contributed by atoms with van der Waals surface area (Å²) in [6.45, 7) is 9.00. The lowest BCUT2D eigenvalue weighted by Gasteiger charge is -2.39. The summed E-state index contributed by atoms with van der Waals surface area (Å²) in [6.07, 6.45) is 1.57. The lowest BCUT2D eigenvalue weighted by molar-refractivity contribution is -0.121. The highest BCUT2D eigenvalue weighted by Crippen LogP contribution is 2.26. The second kappa shape index (κ2) is 11.1. The van der Waals surface area contributed by atoms with Gasteiger partial charge >= 0.3 is 5.69 Å². The fraction of sp³-hybridized carbons (Fsp3) is 0.300. The summed E-state index contributed by atoms with van der Waals surface area (Å²) in [4.78, 5) is 30.7. The summed E-state index contributed by atoms with van der Waals surface area (Å²) in [6, 6.07) is 25.5. The fourth-order valence-electron chi connectivity index (χ4n) is 5.01. The van der Waals surface area contributed by atoms with Gasteiger partial charge in [0, 0.05) is 37.6 Å². The van der Waals surface area contributed by atoms with Gasteiger partial charge in [-0.1, -0.05) is 42.5 Å². The topological polar surface area (TPSA) is 75.4 Å². The third-order valence-corrected chi connectivity index (χ3v) is 7.00. The minimum Gasteiger partial charge on any atom is -0.369 e. The third kappa shape index (κ3) is 5.40. The van der Waals surface area contributed by atoms with Crippen LogP contribution in [0.3, 0.4) is 0 Å². The number of amides is 1. The van der Waals surface area contributed by atoms with Gasteiger partial charge in [0.05, 0.1) is 11.7 Å². The van der Waals surface area contributed by atoms with Gasteiger partial charge < -0.3 is 10.2 Å². The van der Waals surface area contributed by atoms with E-state index in [1.54, 1.807) is 10.9 Å². The highest BCUT2D eigenvalue weighted by Gasteiger charge is 2.30. The molecule has 0 saturated carbocycles. The minimum absolute atomic E-state index is 0.0120. The van der Waals surface area contributed by atoms with Crippen LogP contribution in [0.5, 0.6) is 0 Å². The molecule has 1 atom stereocenters. The molecule has 0 aliphatic carbocycles. The Morgan fingerprint density at radius 1 is 0.868 bits per heavy atom. The van der Waals surface area contributed by atoms with Crippen molar-refractivity contribution in [3.8, 4) is 5.69 Å². The Kier molecular flexibility index (Phi) is 7.42. The average molecular weight is 511 g/mol. The molecular weight excluding hydrogens is 476 g/mol. The van der Waals surface area contributed by atoms with Gasteiger partial charge in [-0.05, 0) is 68.3 Å². The van der Waals surface area contributed by atoms with E-state index in [-0.39, 0.29) is 23.7 Å². The number of nitrogens with zero attached hydrogens (tertiary/aromatic N) is 5. The number of hydrogen-bond acceptors (Lipinski definition) is 5. The van der Waals surface area contributed by atoms with E-state index < -0.39 is 0 Å². The van der Waals surface area contributed by atoms with E-state index >= 15 is 0 Å². The van der Waals surface area contributed by atoms with E-state index in [1.165, 1.54) is 4.68 Å². The highest BCUT2D eigenvalue weighted by atomic mass is 16.2. The molecule has 5 rings (SSSR count). The first-order chi connectivity index (χ1) is 18.4. The molecule has 38 heavy (non-hydrogen) atoms. The van der Waals surface area contributed by atoms with E-state index in [1.807, 2.05) is 99.6 Å². The Morgan fingerprint density at radius 3 is 2.18 bits per heavy atom. The molecule has 1 aliphatic heterocycles. The first kappa shape index (κ1) is 25.5. The SMILES string of the molecule is Cc1cccc(NC(=O)C(c2ccccc2)N2CCN(c3ccc(-n4cnn(C(C)C)c4=O)cc3)CC2)c1. The van der Waals surface area contributed by atoms with Crippen molar-refractivity contribution in [2.24, 2.45) is 0 Å². The molecule has 0 spiro atoms. The summed E-state index contributed by atoms with van der Waals surface area (Å²) < 4.78 is 3.05. The molecule has 1 fully saturated rings. The maximum atomic E-state index is 13.5. The van der Waals surface area contributed by atoms with Crippen molar-refractivity contribution in [2.45, 2.75) is 32.9 Å². The number of benzene rings is 3. The Bertz CT molecular complexity index is 1430. The highest BCUT2D eigenvalue weighted by molar-refractivity contribution is 5.95. The van der Waals surface area contributed by atoms with Crippen LogP contribution in [-0.4, -0.2) is 51.3 Å². The molecule has 1 aromatic heterocycles. The molecule has 1 unspecified atom stereocenters. The molecule has 2 heterocycles. The van der Waals surface area contributed by atoms with Crippen molar-refractivity contribution in [3.05, 3.63) is 107 Å². The summed E-state index contributed by atoms with van der Waals surface area (Å²) in [5, 5.41) is 7.34. The fourth-order valence-corrected chi connectivity index (χ4v) is 5.01. The number of rotatable bonds is 7. The number of hydrogen-bond donors (Lipinski definition) is 1. The van der Waals surface area contributed by atoms with Crippen LogP contribution >= 0.6 is 0 Å². The molecule has 8 heteroatoms. The van der Waals surface area contributed by atoms with Crippen LogP contribution in [0.25, 0.3) is 5.69 Å². The van der Waals surface area contributed by atoms with Gasteiger partial charge in [0.1, 0.15) is 12.4 Å². The van der Waals surface area contributed by atoms with Crippen molar-refractivity contribution in [1.82, 2.24) is 19.2 Å². The van der Waals surface area contributed by atoms with Crippen LogP contribution in [0.4, 0.5) is 11.4 Å². The zero-order chi connectivity index (χ0) is 26.6. The number of carbonyl (C=O) groups excluding carboxylic acids is 1. The molecule has 1 N–H and O–H groups in total. The minimum atomic E-state index is -0.370. The van der Waals surface area contributed by atoms with Gasteiger partial charge in [-0.25, -0.2) is 14.0 Å². The summed E-state index contributed by atoms with van der Waals surface area (Å²) in [7, 11) is 0. The Labute approximate surface area is 223 Å². The Hall–Kier alpha value is -4.17. The van der Waals surface area contributed by atoms with E-state index in [2.05, 4.69) is 20.2 Å². The van der Waals surface area contributed by atoms with Crippen molar-refractivity contribution in [1.29, 1.82) is 0 Å². The summed E-state index contributed by atoms with van der Waals surface area (Å²) in [5.74, 6) is -0.0213. The van der Waals surface area contributed by atoms with E-state index in [0.717, 1.165) is 54.4 Å². The lowest BCUT2D eigenvalue weighted by atomic mass is 10.0. The molecular formula is C30H34N6O2. The van der Waals surface area contributed by atoms with Gasteiger partial charge in [-0.15, -0.1) is 0 Å². The number of aromatic nitrogens is 3. The molecule has 8 nitrogen and oxygen atoms in total. The Morgan fingerprint density at radius 2 is 1.55 bits per heavy atom. The van der Waals surface area contributed by atoms with Crippen molar-refractivity contribution in [2.75, 3.05) is 36.4 Å². The van der Waals surface area contributed by atoms with Crippen LogP contribution < -0.4 is 15.9 Å². The van der Waals surface area contributed by atoms with E-state index in [4.69, 9.17) is 0 Å². The number of carbonyl (C=O) groups is 1. The van der Waals surface area contributed by atoms with Gasteiger partial charge in [0.2, 0.25) is 5.91 Å². The molecule has 1 aliphatic rings. The van der Waals surface area contributed by atoms with Crippen LogP contribution in [0, 0.1) is 6.92 Å². The largest absolute Gasteiger partial charge is 0.369 e. The van der Waals surface area contributed by atoms with Crippen molar-refractivity contribution < 1.29 is 4.79 Å². The normalized spacial score (nSPS) is 15.0. The van der Waals surface area contributed by atoms with Gasteiger partial charge in [0.25, 0.3) is 0 Å². The van der Waals surface area contributed by atoms with Crippen molar-refractivity contribution in [3.63, 3.8) is 0 Å². The predicted octanol–water partition coefficient (Wildman–Crippen LogP) is 4.43. The van der Waals surface area contributed by atoms with Crippen LogP contribution in [-0.2, 0) is 4.79 Å². The quantitative estimate of drug-likeness (QED) is 0.398. The molecule has 0 radical (unpaired) electrons. The number of nitrogens with one attached hydrogen (secondary N) is 1. The zero-order valence-electron chi connectivity index (χ0n) is 22.1. The monoisotopic (exact) mass is 510 g/mol.